The first kappa shape index (κ1) is 16.5. The average molecular weight is 330 g/mol. The van der Waals surface area contributed by atoms with Gasteiger partial charge in [-0.3, -0.25) is 19.8 Å². The minimum Gasteiger partial charge on any atom is -0.493 e. The number of terminal acetylenes is 1. The van der Waals surface area contributed by atoms with Crippen LogP contribution in [0.3, 0.4) is 0 Å². The van der Waals surface area contributed by atoms with Gasteiger partial charge >= 0.3 is 0 Å². The lowest BCUT2D eigenvalue weighted by atomic mass is 10.1. The van der Waals surface area contributed by atoms with E-state index in [4.69, 9.17) is 28.1 Å². The van der Waals surface area contributed by atoms with Crippen molar-refractivity contribution in [1.29, 1.82) is 0 Å². The van der Waals surface area contributed by atoms with Crippen LogP contribution >= 0.6 is 12.2 Å². The molecule has 2 amide bonds. The summed E-state index contributed by atoms with van der Waals surface area (Å²) in [5.74, 6) is 2.28. The van der Waals surface area contributed by atoms with Crippen molar-refractivity contribution in [3.63, 3.8) is 0 Å². The zero-order chi connectivity index (χ0) is 17.0. The van der Waals surface area contributed by atoms with Crippen LogP contribution in [0, 0.1) is 12.3 Å². The van der Waals surface area contributed by atoms with Gasteiger partial charge in [-0.15, -0.1) is 6.42 Å². The zero-order valence-electron chi connectivity index (χ0n) is 12.6. The number of thiocarbonyl (C=S) groups is 1. The van der Waals surface area contributed by atoms with Crippen molar-refractivity contribution >= 4 is 35.2 Å². The highest BCUT2D eigenvalue weighted by atomic mass is 32.1. The van der Waals surface area contributed by atoms with Crippen molar-refractivity contribution in [3.05, 3.63) is 29.3 Å². The van der Waals surface area contributed by atoms with Gasteiger partial charge in [-0.2, -0.15) is 0 Å². The Kier molecular flexibility index (Phi) is 4.98. The first-order valence-electron chi connectivity index (χ1n) is 6.57. The van der Waals surface area contributed by atoms with Crippen LogP contribution < -0.4 is 14.8 Å². The van der Waals surface area contributed by atoms with E-state index >= 15 is 0 Å². The van der Waals surface area contributed by atoms with E-state index < -0.39 is 11.8 Å². The molecule has 0 saturated carbocycles. The van der Waals surface area contributed by atoms with Crippen molar-refractivity contribution in [2.45, 2.75) is 0 Å². The summed E-state index contributed by atoms with van der Waals surface area (Å²) < 4.78 is 10.6. The average Bonchev–Trinajstić information content (AvgIpc) is 2.55. The molecule has 0 aromatic heterocycles. The molecule has 0 unspecified atom stereocenters. The van der Waals surface area contributed by atoms with Crippen LogP contribution in [0.2, 0.25) is 0 Å². The molecular formula is C16H14N2O4S. The number of nitrogens with one attached hydrogen (secondary N) is 1. The summed E-state index contributed by atoms with van der Waals surface area (Å²) in [5, 5.41) is 2.53. The smallest absolute Gasteiger partial charge is 0.265 e. The SMILES string of the molecule is C#CCOc1ccc(C=C2C(=O)NC(=S)N(C)C2=O)cc1OC. The first-order valence-corrected chi connectivity index (χ1v) is 6.98. The van der Waals surface area contributed by atoms with E-state index in [9.17, 15) is 9.59 Å². The zero-order valence-corrected chi connectivity index (χ0v) is 13.4. The Labute approximate surface area is 139 Å². The number of hydrogen-bond donors (Lipinski definition) is 1. The van der Waals surface area contributed by atoms with E-state index in [0.717, 1.165) is 0 Å². The van der Waals surface area contributed by atoms with Crippen molar-refractivity contribution in [2.24, 2.45) is 0 Å². The number of benzene rings is 1. The van der Waals surface area contributed by atoms with Gasteiger partial charge in [0, 0.05) is 7.05 Å². The van der Waals surface area contributed by atoms with Crippen LogP contribution in [0.5, 0.6) is 11.5 Å². The van der Waals surface area contributed by atoms with Gasteiger partial charge in [0.25, 0.3) is 11.8 Å². The number of carbonyl (C=O) groups excluding carboxylic acids is 2. The van der Waals surface area contributed by atoms with Gasteiger partial charge in [0.1, 0.15) is 12.2 Å². The molecule has 1 saturated heterocycles. The molecule has 118 valence electrons. The van der Waals surface area contributed by atoms with Gasteiger partial charge in [-0.05, 0) is 36.0 Å². The van der Waals surface area contributed by atoms with E-state index in [0.29, 0.717) is 17.1 Å². The molecule has 1 N–H and O–H groups in total. The van der Waals surface area contributed by atoms with Gasteiger partial charge < -0.3 is 9.47 Å². The molecule has 2 rings (SSSR count). The minimum absolute atomic E-state index is 0.0135. The standard InChI is InChI=1S/C16H14N2O4S/c1-4-7-22-12-6-5-10(9-13(12)21-3)8-11-14(19)17-16(23)18(2)15(11)20/h1,5-6,8-9H,7H2,2-3H3,(H,17,19,23). The normalized spacial score (nSPS) is 16.1. The second kappa shape index (κ2) is 6.94. The number of nitrogens with zero attached hydrogens (tertiary/aromatic N) is 1. The number of methoxy groups -OCH3 is 1. The summed E-state index contributed by atoms with van der Waals surface area (Å²) in [5.41, 5.74) is 0.593. The highest BCUT2D eigenvalue weighted by Gasteiger charge is 2.30. The number of ether oxygens (including phenoxy) is 2. The Hall–Kier alpha value is -2.85. The summed E-state index contributed by atoms with van der Waals surface area (Å²) in [7, 11) is 2.98. The maximum atomic E-state index is 12.1. The molecule has 23 heavy (non-hydrogen) atoms. The van der Waals surface area contributed by atoms with Crippen LogP contribution in [0.4, 0.5) is 0 Å². The molecule has 0 bridgehead atoms. The third-order valence-electron chi connectivity index (χ3n) is 3.11. The summed E-state index contributed by atoms with van der Waals surface area (Å²) in [6, 6.07) is 4.99. The maximum Gasteiger partial charge on any atom is 0.265 e. The van der Waals surface area contributed by atoms with Crippen LogP contribution in [0.25, 0.3) is 6.08 Å². The molecule has 6 nitrogen and oxygen atoms in total. The summed E-state index contributed by atoms with van der Waals surface area (Å²) in [6.45, 7) is 0.111. The number of hydrogen-bond acceptors (Lipinski definition) is 5. The first-order chi connectivity index (χ1) is 11.0. The molecule has 1 aromatic carbocycles. The summed E-state index contributed by atoms with van der Waals surface area (Å²) in [6.07, 6.45) is 6.62. The lowest BCUT2D eigenvalue weighted by Crippen LogP contribution is -2.52. The fraction of sp³-hybridized carbons (Fsp3) is 0.188. The van der Waals surface area contributed by atoms with Gasteiger partial charge in [0.15, 0.2) is 16.6 Å². The quantitative estimate of drug-likeness (QED) is 0.385. The maximum absolute atomic E-state index is 12.1. The Morgan fingerprint density at radius 3 is 2.78 bits per heavy atom. The number of carbonyl (C=O) groups is 2. The second-order valence-electron chi connectivity index (χ2n) is 4.58. The predicted molar refractivity (Wildman–Crippen MR) is 88.8 cm³/mol. The molecule has 0 spiro atoms. The lowest BCUT2D eigenvalue weighted by molar-refractivity contribution is -0.128. The summed E-state index contributed by atoms with van der Waals surface area (Å²) in [4.78, 5) is 25.3. The van der Waals surface area contributed by atoms with E-state index in [1.807, 2.05) is 0 Å². The third-order valence-corrected chi connectivity index (χ3v) is 3.49. The fourth-order valence-electron chi connectivity index (χ4n) is 1.92. The largest absolute Gasteiger partial charge is 0.493 e. The lowest BCUT2D eigenvalue weighted by Gasteiger charge is -2.25. The Morgan fingerprint density at radius 2 is 2.13 bits per heavy atom. The van der Waals surface area contributed by atoms with Crippen molar-refractivity contribution in [1.82, 2.24) is 10.2 Å². The second-order valence-corrected chi connectivity index (χ2v) is 4.97. The van der Waals surface area contributed by atoms with E-state index in [-0.39, 0.29) is 17.3 Å². The number of rotatable bonds is 4. The molecule has 1 fully saturated rings. The van der Waals surface area contributed by atoms with Crippen molar-refractivity contribution in [3.8, 4) is 23.8 Å². The highest BCUT2D eigenvalue weighted by molar-refractivity contribution is 7.80. The predicted octanol–water partition coefficient (Wildman–Crippen LogP) is 0.964. The number of amides is 2. The van der Waals surface area contributed by atoms with Crippen molar-refractivity contribution < 1.29 is 19.1 Å². The van der Waals surface area contributed by atoms with E-state index in [1.54, 1.807) is 18.2 Å². The van der Waals surface area contributed by atoms with Crippen LogP contribution in [-0.2, 0) is 9.59 Å². The van der Waals surface area contributed by atoms with Crippen molar-refractivity contribution in [2.75, 3.05) is 20.8 Å². The molecular weight excluding hydrogens is 316 g/mol. The van der Waals surface area contributed by atoms with Crippen LogP contribution in [0.1, 0.15) is 5.56 Å². The molecule has 1 heterocycles. The summed E-state index contributed by atoms with van der Waals surface area (Å²) >= 11 is 4.89. The van der Waals surface area contributed by atoms with Gasteiger partial charge in [-0.25, -0.2) is 0 Å². The molecule has 0 atom stereocenters. The van der Waals surface area contributed by atoms with Gasteiger partial charge in [0.05, 0.1) is 7.11 Å². The molecule has 0 radical (unpaired) electrons. The van der Waals surface area contributed by atoms with E-state index in [1.165, 1.54) is 25.1 Å². The number of likely N-dealkylation sites (N-methyl/N-ethyl adjacent to an activating group) is 1. The fourth-order valence-corrected chi connectivity index (χ4v) is 2.10. The highest BCUT2D eigenvalue weighted by Crippen LogP contribution is 2.29. The third kappa shape index (κ3) is 3.49. The van der Waals surface area contributed by atoms with Gasteiger partial charge in [-0.1, -0.05) is 12.0 Å². The molecule has 7 heteroatoms. The van der Waals surface area contributed by atoms with Crippen LogP contribution in [-0.4, -0.2) is 42.6 Å². The van der Waals surface area contributed by atoms with Gasteiger partial charge in [0.2, 0.25) is 0 Å². The molecule has 1 aliphatic rings. The topological polar surface area (TPSA) is 67.9 Å². The molecule has 1 aromatic rings. The van der Waals surface area contributed by atoms with E-state index in [2.05, 4.69) is 11.2 Å². The Balaban J connectivity index is 2.35. The minimum atomic E-state index is -0.537. The Bertz CT molecular complexity index is 749. The monoisotopic (exact) mass is 330 g/mol. The van der Waals surface area contributed by atoms with Crippen LogP contribution in [0.15, 0.2) is 23.8 Å². The molecule has 1 aliphatic heterocycles. The Morgan fingerprint density at radius 1 is 1.39 bits per heavy atom. The molecule has 0 aliphatic carbocycles.